The van der Waals surface area contributed by atoms with Crippen LogP contribution in [0.15, 0.2) is 30.3 Å². The second-order valence-corrected chi connectivity index (χ2v) is 7.29. The normalized spacial score (nSPS) is 15.5. The van der Waals surface area contributed by atoms with E-state index in [1.165, 1.54) is 5.56 Å². The summed E-state index contributed by atoms with van der Waals surface area (Å²) in [5.74, 6) is 0. The maximum atomic E-state index is 9.59. The van der Waals surface area contributed by atoms with E-state index in [9.17, 15) is 5.11 Å². The van der Waals surface area contributed by atoms with E-state index in [-0.39, 0.29) is 17.6 Å². The monoisotopic (exact) mass is 292 g/mol. The highest BCUT2D eigenvalue weighted by atomic mass is 16.3. The fourth-order valence-electron chi connectivity index (χ4n) is 2.38. The molecule has 1 aromatic carbocycles. The van der Waals surface area contributed by atoms with E-state index in [1.807, 2.05) is 0 Å². The van der Waals surface area contributed by atoms with Crippen LogP contribution in [0.5, 0.6) is 0 Å². The minimum atomic E-state index is -0.214. The van der Waals surface area contributed by atoms with Crippen LogP contribution in [0.1, 0.15) is 40.2 Å². The van der Waals surface area contributed by atoms with Crippen molar-refractivity contribution in [1.29, 1.82) is 0 Å². The van der Waals surface area contributed by atoms with Crippen molar-refractivity contribution in [2.24, 2.45) is 0 Å². The van der Waals surface area contributed by atoms with Crippen LogP contribution in [-0.4, -0.2) is 48.3 Å². The van der Waals surface area contributed by atoms with Crippen molar-refractivity contribution in [3.05, 3.63) is 35.9 Å². The quantitative estimate of drug-likeness (QED) is 0.773. The highest BCUT2D eigenvalue weighted by Gasteiger charge is 2.33. The summed E-state index contributed by atoms with van der Waals surface area (Å²) in [4.78, 5) is 2.25. The zero-order valence-electron chi connectivity index (χ0n) is 14.5. The standard InChI is InChI=1S/C18H32N2O/c1-15(2)19-12-18(5,16-10-8-7-9-11-16)13-20(6)17(3,4)14-21/h7-11,15,19,21H,12-14H2,1-6H3. The number of aliphatic hydroxyl groups excluding tert-OH is 1. The van der Waals surface area contributed by atoms with Crippen molar-refractivity contribution in [2.45, 2.75) is 51.6 Å². The Morgan fingerprint density at radius 2 is 1.71 bits per heavy atom. The minimum Gasteiger partial charge on any atom is -0.394 e. The topological polar surface area (TPSA) is 35.5 Å². The van der Waals surface area contributed by atoms with Gasteiger partial charge < -0.3 is 10.4 Å². The number of hydrogen-bond donors (Lipinski definition) is 2. The fourth-order valence-corrected chi connectivity index (χ4v) is 2.38. The van der Waals surface area contributed by atoms with Gasteiger partial charge in [-0.05, 0) is 26.5 Å². The molecule has 0 radical (unpaired) electrons. The molecular formula is C18H32N2O. The first kappa shape index (κ1) is 18.1. The third kappa shape index (κ3) is 5.10. The zero-order valence-corrected chi connectivity index (χ0v) is 14.5. The van der Waals surface area contributed by atoms with Crippen molar-refractivity contribution in [3.63, 3.8) is 0 Å². The number of nitrogens with one attached hydrogen (secondary N) is 1. The molecule has 1 rings (SSSR count). The van der Waals surface area contributed by atoms with Crippen molar-refractivity contribution >= 4 is 0 Å². The lowest BCUT2D eigenvalue weighted by Gasteiger charge is -2.42. The molecule has 120 valence electrons. The van der Waals surface area contributed by atoms with Crippen LogP contribution < -0.4 is 5.32 Å². The Labute approximate surface area is 130 Å². The molecule has 0 amide bonds. The lowest BCUT2D eigenvalue weighted by molar-refractivity contribution is 0.0613. The molecule has 0 aliphatic carbocycles. The molecule has 0 aliphatic rings. The number of benzene rings is 1. The third-order valence-electron chi connectivity index (χ3n) is 4.38. The molecule has 1 aromatic rings. The molecule has 3 nitrogen and oxygen atoms in total. The summed E-state index contributed by atoms with van der Waals surface area (Å²) in [7, 11) is 2.09. The van der Waals surface area contributed by atoms with Crippen LogP contribution in [0.2, 0.25) is 0 Å². The highest BCUT2D eigenvalue weighted by Crippen LogP contribution is 2.27. The van der Waals surface area contributed by atoms with Gasteiger partial charge in [-0.2, -0.15) is 0 Å². The van der Waals surface area contributed by atoms with Crippen molar-refractivity contribution in [2.75, 3.05) is 26.7 Å². The van der Waals surface area contributed by atoms with Crippen LogP contribution in [0.4, 0.5) is 0 Å². The summed E-state index contributed by atoms with van der Waals surface area (Å²) >= 11 is 0. The molecule has 0 aromatic heterocycles. The molecular weight excluding hydrogens is 260 g/mol. The van der Waals surface area contributed by atoms with Gasteiger partial charge in [-0.25, -0.2) is 0 Å². The number of rotatable bonds is 8. The van der Waals surface area contributed by atoms with Crippen LogP contribution in [0, 0.1) is 0 Å². The smallest absolute Gasteiger partial charge is 0.0609 e. The summed E-state index contributed by atoms with van der Waals surface area (Å²) in [6.07, 6.45) is 0. The van der Waals surface area contributed by atoms with E-state index in [1.54, 1.807) is 0 Å². The predicted molar refractivity (Wildman–Crippen MR) is 90.7 cm³/mol. The number of likely N-dealkylation sites (N-methyl/N-ethyl adjacent to an activating group) is 1. The number of nitrogens with zero attached hydrogens (tertiary/aromatic N) is 1. The third-order valence-corrected chi connectivity index (χ3v) is 4.38. The first-order chi connectivity index (χ1) is 9.71. The fraction of sp³-hybridized carbons (Fsp3) is 0.667. The highest BCUT2D eigenvalue weighted by molar-refractivity contribution is 5.26. The van der Waals surface area contributed by atoms with Crippen molar-refractivity contribution < 1.29 is 5.11 Å². The zero-order chi connectivity index (χ0) is 16.1. The van der Waals surface area contributed by atoms with Gasteiger partial charge in [-0.3, -0.25) is 4.90 Å². The van der Waals surface area contributed by atoms with Crippen LogP contribution in [0.3, 0.4) is 0 Å². The summed E-state index contributed by atoms with van der Waals surface area (Å²) in [5.41, 5.74) is 1.12. The van der Waals surface area contributed by atoms with E-state index < -0.39 is 0 Å². The van der Waals surface area contributed by atoms with Gasteiger partial charge in [-0.15, -0.1) is 0 Å². The van der Waals surface area contributed by atoms with Gasteiger partial charge in [0.25, 0.3) is 0 Å². The molecule has 1 unspecified atom stereocenters. The van der Waals surface area contributed by atoms with E-state index in [0.29, 0.717) is 6.04 Å². The van der Waals surface area contributed by atoms with Crippen LogP contribution in [0.25, 0.3) is 0 Å². The molecule has 0 saturated carbocycles. The second-order valence-electron chi connectivity index (χ2n) is 7.29. The lowest BCUT2D eigenvalue weighted by atomic mass is 9.80. The Kier molecular flexibility index (Phi) is 6.39. The Hall–Kier alpha value is -0.900. The molecule has 0 spiro atoms. The van der Waals surface area contributed by atoms with Gasteiger partial charge in [0, 0.05) is 30.1 Å². The van der Waals surface area contributed by atoms with Gasteiger partial charge in [0.05, 0.1) is 6.61 Å². The average molecular weight is 292 g/mol. The van der Waals surface area contributed by atoms with E-state index in [2.05, 4.69) is 82.2 Å². The van der Waals surface area contributed by atoms with Gasteiger partial charge in [0.15, 0.2) is 0 Å². The first-order valence-corrected chi connectivity index (χ1v) is 7.82. The van der Waals surface area contributed by atoms with E-state index >= 15 is 0 Å². The van der Waals surface area contributed by atoms with Gasteiger partial charge >= 0.3 is 0 Å². The van der Waals surface area contributed by atoms with Crippen molar-refractivity contribution in [1.82, 2.24) is 10.2 Å². The number of aliphatic hydroxyl groups is 1. The Bertz CT molecular complexity index is 416. The van der Waals surface area contributed by atoms with E-state index in [4.69, 9.17) is 0 Å². The Balaban J connectivity index is 2.97. The second kappa shape index (κ2) is 7.39. The largest absolute Gasteiger partial charge is 0.394 e. The summed E-state index contributed by atoms with van der Waals surface area (Å²) in [6, 6.07) is 11.1. The van der Waals surface area contributed by atoms with Gasteiger partial charge in [0.1, 0.15) is 0 Å². The number of hydrogen-bond acceptors (Lipinski definition) is 3. The van der Waals surface area contributed by atoms with Gasteiger partial charge in [-0.1, -0.05) is 51.1 Å². The molecule has 0 fully saturated rings. The molecule has 0 aliphatic heterocycles. The minimum absolute atomic E-state index is 0.00667. The molecule has 0 saturated heterocycles. The van der Waals surface area contributed by atoms with Crippen molar-refractivity contribution in [3.8, 4) is 0 Å². The lowest BCUT2D eigenvalue weighted by Crippen LogP contribution is -2.53. The SMILES string of the molecule is CC(C)NCC(C)(CN(C)C(C)(C)CO)c1ccccc1. The Morgan fingerprint density at radius 3 is 2.19 bits per heavy atom. The van der Waals surface area contributed by atoms with Crippen LogP contribution in [-0.2, 0) is 5.41 Å². The molecule has 0 bridgehead atoms. The first-order valence-electron chi connectivity index (χ1n) is 7.82. The summed E-state index contributed by atoms with van der Waals surface area (Å²) in [5, 5.41) is 13.2. The Morgan fingerprint density at radius 1 is 1.14 bits per heavy atom. The summed E-state index contributed by atoms with van der Waals surface area (Å²) < 4.78 is 0. The maximum absolute atomic E-state index is 9.59. The maximum Gasteiger partial charge on any atom is 0.0609 e. The van der Waals surface area contributed by atoms with Gasteiger partial charge in [0.2, 0.25) is 0 Å². The molecule has 3 heteroatoms. The average Bonchev–Trinajstić information content (AvgIpc) is 2.46. The molecule has 2 N–H and O–H groups in total. The molecule has 21 heavy (non-hydrogen) atoms. The van der Waals surface area contributed by atoms with Crippen LogP contribution >= 0.6 is 0 Å². The molecule has 0 heterocycles. The molecule has 1 atom stereocenters. The van der Waals surface area contributed by atoms with E-state index in [0.717, 1.165) is 13.1 Å². The summed E-state index contributed by atoms with van der Waals surface area (Å²) in [6.45, 7) is 12.8. The predicted octanol–water partition coefficient (Wildman–Crippen LogP) is 2.65.